The van der Waals surface area contributed by atoms with E-state index in [2.05, 4.69) is 5.32 Å². The number of hydrogen-bond acceptors (Lipinski definition) is 7. The molecular weight excluding hydrogens is 444 g/mol. The molecule has 7 nitrogen and oxygen atoms in total. The van der Waals surface area contributed by atoms with Gasteiger partial charge in [0, 0.05) is 6.42 Å². The van der Waals surface area contributed by atoms with Crippen LogP contribution in [0.5, 0.6) is 5.75 Å². The fourth-order valence-electron chi connectivity index (χ4n) is 3.83. The Morgan fingerprint density at radius 1 is 0.829 bits per heavy atom. The molecule has 0 amide bonds. The largest absolute Gasteiger partial charge is 0.489 e. The number of benzene rings is 3. The molecule has 0 spiro atoms. The van der Waals surface area contributed by atoms with E-state index < -0.39 is 18.1 Å². The van der Waals surface area contributed by atoms with Crippen molar-refractivity contribution in [2.75, 3.05) is 21.3 Å². The summed E-state index contributed by atoms with van der Waals surface area (Å²) >= 11 is 0. The Morgan fingerprint density at radius 2 is 1.51 bits per heavy atom. The van der Waals surface area contributed by atoms with Crippen molar-refractivity contribution in [3.05, 3.63) is 89.5 Å². The molecular formula is C28H32N2O5. The van der Waals surface area contributed by atoms with Crippen molar-refractivity contribution < 1.29 is 23.8 Å². The van der Waals surface area contributed by atoms with E-state index in [1.807, 2.05) is 72.8 Å². The zero-order chi connectivity index (χ0) is 25.2. The van der Waals surface area contributed by atoms with Crippen LogP contribution in [0.1, 0.15) is 16.7 Å². The lowest BCUT2D eigenvalue weighted by atomic mass is 9.96. The number of carbonyl (C=O) groups excluding carboxylic acids is 2. The van der Waals surface area contributed by atoms with Crippen LogP contribution >= 0.6 is 0 Å². The van der Waals surface area contributed by atoms with Gasteiger partial charge in [-0.3, -0.25) is 9.59 Å². The lowest BCUT2D eigenvalue weighted by molar-refractivity contribution is -0.143. The summed E-state index contributed by atoms with van der Waals surface area (Å²) in [6.45, 7) is 0.413. The molecule has 0 fully saturated rings. The molecule has 0 aliphatic rings. The van der Waals surface area contributed by atoms with Gasteiger partial charge >= 0.3 is 11.9 Å². The monoisotopic (exact) mass is 476 g/mol. The molecule has 0 unspecified atom stereocenters. The zero-order valence-electron chi connectivity index (χ0n) is 20.3. The summed E-state index contributed by atoms with van der Waals surface area (Å²) in [7, 11) is 4.43. The van der Waals surface area contributed by atoms with E-state index in [0.717, 1.165) is 27.8 Å². The highest BCUT2D eigenvalue weighted by atomic mass is 16.5. The summed E-state index contributed by atoms with van der Waals surface area (Å²) in [5.41, 5.74) is 10.7. The first-order valence-corrected chi connectivity index (χ1v) is 11.4. The highest BCUT2D eigenvalue weighted by Crippen LogP contribution is 2.29. The number of esters is 2. The third kappa shape index (κ3) is 7.15. The van der Waals surface area contributed by atoms with Gasteiger partial charge in [0.1, 0.15) is 24.4 Å². The minimum atomic E-state index is -0.726. The van der Waals surface area contributed by atoms with Gasteiger partial charge in [0.2, 0.25) is 0 Å². The Kier molecular flexibility index (Phi) is 9.40. The van der Waals surface area contributed by atoms with Crippen molar-refractivity contribution in [1.82, 2.24) is 5.32 Å². The molecule has 3 aromatic rings. The van der Waals surface area contributed by atoms with Gasteiger partial charge < -0.3 is 25.3 Å². The topological polar surface area (TPSA) is 99.9 Å². The zero-order valence-corrected chi connectivity index (χ0v) is 20.3. The third-order valence-electron chi connectivity index (χ3n) is 5.78. The molecule has 0 aromatic heterocycles. The highest BCUT2D eigenvalue weighted by Gasteiger charge is 2.20. The summed E-state index contributed by atoms with van der Waals surface area (Å²) in [6, 6.07) is 22.4. The van der Waals surface area contributed by atoms with Crippen molar-refractivity contribution in [3.63, 3.8) is 0 Å². The molecule has 3 N–H and O–H groups in total. The van der Waals surface area contributed by atoms with E-state index >= 15 is 0 Å². The number of nitrogens with one attached hydrogen (secondary N) is 1. The number of ether oxygens (including phenoxy) is 3. The van der Waals surface area contributed by atoms with Gasteiger partial charge in [-0.2, -0.15) is 0 Å². The molecule has 0 heterocycles. The van der Waals surface area contributed by atoms with Crippen LogP contribution in [-0.4, -0.2) is 45.3 Å². The van der Waals surface area contributed by atoms with Crippen molar-refractivity contribution in [3.8, 4) is 16.9 Å². The van der Waals surface area contributed by atoms with Crippen molar-refractivity contribution in [2.45, 2.75) is 31.5 Å². The first kappa shape index (κ1) is 25.9. The maximum atomic E-state index is 12.2. The van der Waals surface area contributed by atoms with E-state index in [1.165, 1.54) is 14.2 Å². The molecule has 184 valence electrons. The summed E-state index contributed by atoms with van der Waals surface area (Å²) in [6.07, 6.45) is 0.768. The quantitative estimate of drug-likeness (QED) is 0.410. The van der Waals surface area contributed by atoms with Crippen molar-refractivity contribution in [1.29, 1.82) is 0 Å². The molecule has 0 aliphatic heterocycles. The molecule has 2 atom stereocenters. The second kappa shape index (κ2) is 12.7. The van der Waals surface area contributed by atoms with E-state index in [0.29, 0.717) is 25.2 Å². The molecule has 0 bridgehead atoms. The van der Waals surface area contributed by atoms with E-state index in [-0.39, 0.29) is 5.97 Å². The number of nitrogens with two attached hydrogens (primary N) is 1. The number of rotatable bonds is 11. The minimum absolute atomic E-state index is 0.342. The Balaban J connectivity index is 1.90. The molecule has 7 heteroatoms. The SMILES string of the molecule is CN[C@@H](Cc1cc(-c2cccc(C[C@H](N)C(=O)OC)c2)ccc1OCc1ccccc1)C(=O)OC. The Hall–Kier alpha value is -3.68. The van der Waals surface area contributed by atoms with Crippen LogP contribution in [0.15, 0.2) is 72.8 Å². The highest BCUT2D eigenvalue weighted by molar-refractivity contribution is 5.77. The van der Waals surface area contributed by atoms with Crippen LogP contribution in [0, 0.1) is 0 Å². The van der Waals surface area contributed by atoms with Gasteiger partial charge in [-0.15, -0.1) is 0 Å². The summed E-state index contributed by atoms with van der Waals surface area (Å²) in [5, 5.41) is 3.02. The predicted octanol–water partition coefficient (Wildman–Crippen LogP) is 3.28. The molecule has 35 heavy (non-hydrogen) atoms. The van der Waals surface area contributed by atoms with E-state index in [4.69, 9.17) is 19.9 Å². The fourth-order valence-corrected chi connectivity index (χ4v) is 3.83. The minimum Gasteiger partial charge on any atom is -0.489 e. The second-order valence-corrected chi connectivity index (χ2v) is 8.20. The van der Waals surface area contributed by atoms with Crippen molar-refractivity contribution >= 4 is 11.9 Å². The molecule has 3 aromatic carbocycles. The number of methoxy groups -OCH3 is 2. The standard InChI is InChI=1S/C28H32N2O5/c1-30-25(28(32)34-3)17-23-16-22(12-13-26(23)35-18-19-8-5-4-6-9-19)21-11-7-10-20(14-21)15-24(29)27(31)33-2/h4-14,16,24-25,30H,15,17-18,29H2,1-3H3/t24-,25-/m0/s1. The Bertz CT molecular complexity index is 1130. The maximum Gasteiger partial charge on any atom is 0.323 e. The maximum absolute atomic E-state index is 12.2. The Labute approximate surface area is 206 Å². The summed E-state index contributed by atoms with van der Waals surface area (Å²) in [5.74, 6) is -0.0881. The van der Waals surface area contributed by atoms with Gasteiger partial charge in [0.15, 0.2) is 0 Å². The molecule has 0 saturated carbocycles. The van der Waals surface area contributed by atoms with Gasteiger partial charge in [-0.1, -0.05) is 60.7 Å². The Morgan fingerprint density at radius 3 is 2.20 bits per heavy atom. The number of hydrogen-bond donors (Lipinski definition) is 2. The first-order chi connectivity index (χ1) is 16.9. The normalized spacial score (nSPS) is 12.5. The van der Waals surface area contributed by atoms with Gasteiger partial charge in [-0.05, 0) is 53.4 Å². The van der Waals surface area contributed by atoms with E-state index in [9.17, 15) is 9.59 Å². The lowest BCUT2D eigenvalue weighted by Crippen LogP contribution is -2.37. The average Bonchev–Trinajstić information content (AvgIpc) is 2.90. The predicted molar refractivity (Wildman–Crippen MR) is 135 cm³/mol. The number of carbonyl (C=O) groups is 2. The number of likely N-dealkylation sites (N-methyl/N-ethyl adjacent to an activating group) is 1. The summed E-state index contributed by atoms with van der Waals surface area (Å²) < 4.78 is 15.8. The average molecular weight is 477 g/mol. The van der Waals surface area contributed by atoms with Crippen LogP contribution in [0.4, 0.5) is 0 Å². The summed E-state index contributed by atoms with van der Waals surface area (Å²) in [4.78, 5) is 24.0. The molecule has 0 saturated heterocycles. The first-order valence-electron chi connectivity index (χ1n) is 11.4. The third-order valence-corrected chi connectivity index (χ3v) is 5.78. The molecule has 0 aliphatic carbocycles. The smallest absolute Gasteiger partial charge is 0.323 e. The lowest BCUT2D eigenvalue weighted by Gasteiger charge is -2.18. The van der Waals surface area contributed by atoms with Crippen LogP contribution < -0.4 is 15.8 Å². The molecule has 3 rings (SSSR count). The van der Waals surface area contributed by atoms with Crippen LogP contribution in [0.3, 0.4) is 0 Å². The van der Waals surface area contributed by atoms with Gasteiger partial charge in [0.05, 0.1) is 14.2 Å². The van der Waals surface area contributed by atoms with Gasteiger partial charge in [-0.25, -0.2) is 0 Å². The van der Waals surface area contributed by atoms with Gasteiger partial charge in [0.25, 0.3) is 0 Å². The van der Waals surface area contributed by atoms with Crippen molar-refractivity contribution in [2.24, 2.45) is 5.73 Å². The van der Waals surface area contributed by atoms with Crippen LogP contribution in [0.25, 0.3) is 11.1 Å². The van der Waals surface area contributed by atoms with Crippen LogP contribution in [0.2, 0.25) is 0 Å². The molecule has 0 radical (unpaired) electrons. The van der Waals surface area contributed by atoms with Crippen LogP contribution in [-0.2, 0) is 38.5 Å². The fraction of sp³-hybridized carbons (Fsp3) is 0.286. The second-order valence-electron chi connectivity index (χ2n) is 8.20. The van der Waals surface area contributed by atoms with E-state index in [1.54, 1.807) is 7.05 Å².